The average Bonchev–Trinajstić information content (AvgIpc) is 1.31. The van der Waals surface area contributed by atoms with Crippen LogP contribution in [0.1, 0.15) is 0 Å². The highest BCUT2D eigenvalue weighted by molar-refractivity contribution is 8.18. The molecule has 0 heterocycles. The van der Waals surface area contributed by atoms with Crippen molar-refractivity contribution in [1.29, 1.82) is 0 Å². The van der Waals surface area contributed by atoms with Crippen molar-refractivity contribution in [2.24, 2.45) is 0 Å². The molecular formula is C2H7NO2S3. The normalized spacial score (nSPS) is 9.88. The number of hydrogen-bond acceptors (Lipinski definition) is 5. The summed E-state index contributed by atoms with van der Waals surface area (Å²) in [5.74, 6) is -1.16. The van der Waals surface area contributed by atoms with Crippen molar-refractivity contribution in [3.05, 3.63) is 0 Å². The van der Waals surface area contributed by atoms with Gasteiger partial charge < -0.3 is 11.3 Å². The van der Waals surface area contributed by atoms with Gasteiger partial charge in [0.15, 0.2) is 3.41 Å². The fourth-order valence-electron chi connectivity index (χ4n) is 0. The zero-order valence-corrected chi connectivity index (χ0v) is 6.59. The van der Waals surface area contributed by atoms with E-state index in [0.29, 0.717) is 0 Å². The summed E-state index contributed by atoms with van der Waals surface area (Å²) in [6.07, 6.45) is 0. The molecule has 0 amide bonds. The predicted octanol–water partition coefficient (Wildman–Crippen LogP) is 0.676. The van der Waals surface area contributed by atoms with E-state index in [-0.39, 0.29) is 6.15 Å². The number of carboxylic acid groups (broad SMARTS) is 1. The number of aliphatic carboxylic acids is 1. The van der Waals surface area contributed by atoms with Gasteiger partial charge in [-0.1, -0.05) is 0 Å². The largest absolute Gasteiger partial charge is 0.479 e. The van der Waals surface area contributed by atoms with Crippen LogP contribution in [0.5, 0.6) is 0 Å². The van der Waals surface area contributed by atoms with E-state index in [9.17, 15) is 4.79 Å². The van der Waals surface area contributed by atoms with Crippen molar-refractivity contribution in [1.82, 2.24) is 6.15 Å². The van der Waals surface area contributed by atoms with E-state index in [1.807, 2.05) is 0 Å². The summed E-state index contributed by atoms with van der Waals surface area (Å²) >= 11 is 10.4. The smallest absolute Gasteiger partial charge is 0.339 e. The van der Waals surface area contributed by atoms with Gasteiger partial charge in [0.2, 0.25) is 0 Å². The second kappa shape index (κ2) is 3.49. The molecule has 0 radical (unpaired) electrons. The third-order valence-corrected chi connectivity index (χ3v) is 0.861. The molecule has 0 aromatic heterocycles. The van der Waals surface area contributed by atoms with E-state index in [4.69, 9.17) is 5.11 Å². The molecule has 0 rings (SSSR count). The summed E-state index contributed by atoms with van der Waals surface area (Å²) in [6, 6.07) is 0. The molecule has 0 aliphatic heterocycles. The molecule has 0 saturated carbocycles. The molecule has 0 bridgehead atoms. The molecule has 0 atom stereocenters. The fraction of sp³-hybridized carbons (Fsp3) is 0.500. The molecule has 3 nitrogen and oxygen atoms in total. The maximum atomic E-state index is 9.79. The van der Waals surface area contributed by atoms with Crippen LogP contribution in [0.25, 0.3) is 0 Å². The van der Waals surface area contributed by atoms with Gasteiger partial charge >= 0.3 is 5.97 Å². The van der Waals surface area contributed by atoms with E-state index in [2.05, 4.69) is 37.9 Å². The number of carbonyl (C=O) groups is 1. The first-order chi connectivity index (χ1) is 2.94. The second-order valence-electron chi connectivity index (χ2n) is 0.941. The first-order valence-electron chi connectivity index (χ1n) is 1.35. The Morgan fingerprint density at radius 3 is 1.50 bits per heavy atom. The summed E-state index contributed by atoms with van der Waals surface area (Å²) < 4.78 is -1.50. The van der Waals surface area contributed by atoms with Gasteiger partial charge in [0.05, 0.1) is 0 Å². The van der Waals surface area contributed by atoms with E-state index < -0.39 is 9.38 Å². The summed E-state index contributed by atoms with van der Waals surface area (Å²) in [6.45, 7) is 0. The van der Waals surface area contributed by atoms with E-state index in [1.54, 1.807) is 0 Å². The van der Waals surface area contributed by atoms with Crippen molar-refractivity contribution in [2.45, 2.75) is 3.41 Å². The Morgan fingerprint density at radius 2 is 1.50 bits per heavy atom. The SMILES string of the molecule is N.O=C(O)C(S)(S)S. The Hall–Kier alpha value is 0.480. The zero-order valence-electron chi connectivity index (χ0n) is 3.90. The maximum absolute atomic E-state index is 9.79. The lowest BCUT2D eigenvalue weighted by Crippen LogP contribution is -2.17. The third-order valence-electron chi connectivity index (χ3n) is 0.287. The van der Waals surface area contributed by atoms with Gasteiger partial charge in [-0.2, -0.15) is 0 Å². The Kier molecular flexibility index (Phi) is 4.94. The zero-order chi connectivity index (χ0) is 6.08. The molecule has 0 aliphatic rings. The average molecular weight is 173 g/mol. The van der Waals surface area contributed by atoms with Crippen LogP contribution in [0.15, 0.2) is 0 Å². The molecule has 0 unspecified atom stereocenters. The van der Waals surface area contributed by atoms with Crippen LogP contribution in [0.2, 0.25) is 0 Å². The molecule has 0 fully saturated rings. The highest BCUT2D eigenvalue weighted by Crippen LogP contribution is 2.23. The Labute approximate surface area is 63.7 Å². The number of carboxylic acids is 1. The molecule has 6 heteroatoms. The molecule has 0 aliphatic carbocycles. The van der Waals surface area contributed by atoms with E-state index in [0.717, 1.165) is 0 Å². The molecule has 4 N–H and O–H groups in total. The lowest BCUT2D eigenvalue weighted by molar-refractivity contribution is -0.135. The fourth-order valence-corrected chi connectivity index (χ4v) is 0. The van der Waals surface area contributed by atoms with Crippen LogP contribution in [0.4, 0.5) is 0 Å². The highest BCUT2D eigenvalue weighted by atomic mass is 32.2. The topological polar surface area (TPSA) is 72.3 Å². The van der Waals surface area contributed by atoms with Gasteiger partial charge in [-0.3, -0.25) is 0 Å². The molecule has 0 aromatic carbocycles. The van der Waals surface area contributed by atoms with Crippen molar-refractivity contribution in [3.8, 4) is 0 Å². The molecule has 0 spiro atoms. The summed E-state index contributed by atoms with van der Waals surface area (Å²) in [5.41, 5.74) is 0. The van der Waals surface area contributed by atoms with Crippen molar-refractivity contribution in [3.63, 3.8) is 0 Å². The van der Waals surface area contributed by atoms with Gasteiger partial charge in [-0.25, -0.2) is 4.79 Å². The van der Waals surface area contributed by atoms with Crippen LogP contribution in [-0.2, 0) is 4.79 Å². The quantitative estimate of drug-likeness (QED) is 0.299. The first kappa shape index (κ1) is 11.3. The number of hydrogen-bond donors (Lipinski definition) is 5. The number of thiol groups is 3. The Balaban J connectivity index is 0. The van der Waals surface area contributed by atoms with Crippen LogP contribution in [0, 0.1) is 0 Å². The van der Waals surface area contributed by atoms with Gasteiger partial charge in [0, 0.05) is 0 Å². The standard InChI is InChI=1S/C2H4O2S3.H3N/c3-1(4)2(5,6)7;/h5-7H,(H,3,4);1H3. The second-order valence-corrected chi connectivity index (χ2v) is 4.01. The van der Waals surface area contributed by atoms with Crippen molar-refractivity contribution < 1.29 is 9.90 Å². The van der Waals surface area contributed by atoms with Crippen LogP contribution >= 0.6 is 37.9 Å². The minimum absolute atomic E-state index is 0. The Morgan fingerprint density at radius 1 is 1.38 bits per heavy atom. The molecule has 50 valence electrons. The third kappa shape index (κ3) is 4.63. The van der Waals surface area contributed by atoms with Gasteiger partial charge in [0.25, 0.3) is 0 Å². The van der Waals surface area contributed by atoms with Gasteiger partial charge in [-0.15, -0.1) is 37.9 Å². The summed E-state index contributed by atoms with van der Waals surface area (Å²) in [4.78, 5) is 9.79. The predicted molar refractivity (Wildman–Crippen MR) is 42.3 cm³/mol. The van der Waals surface area contributed by atoms with Crippen LogP contribution in [-0.4, -0.2) is 14.5 Å². The van der Waals surface area contributed by atoms with E-state index >= 15 is 0 Å². The van der Waals surface area contributed by atoms with Gasteiger partial charge in [0.1, 0.15) is 0 Å². The highest BCUT2D eigenvalue weighted by Gasteiger charge is 2.23. The molecule has 0 saturated heterocycles. The summed E-state index contributed by atoms with van der Waals surface area (Å²) in [5, 5.41) is 8.02. The molecule has 8 heavy (non-hydrogen) atoms. The summed E-state index contributed by atoms with van der Waals surface area (Å²) in [7, 11) is 0. The number of rotatable bonds is 1. The first-order valence-corrected chi connectivity index (χ1v) is 2.69. The molecule has 0 aromatic rings. The lowest BCUT2D eigenvalue weighted by atomic mass is 10.8. The van der Waals surface area contributed by atoms with Crippen LogP contribution < -0.4 is 6.15 Å². The Bertz CT molecular complexity index is 87.8. The van der Waals surface area contributed by atoms with E-state index in [1.165, 1.54) is 0 Å². The van der Waals surface area contributed by atoms with Gasteiger partial charge in [-0.05, 0) is 0 Å². The minimum Gasteiger partial charge on any atom is -0.479 e. The van der Waals surface area contributed by atoms with Crippen molar-refractivity contribution in [2.75, 3.05) is 0 Å². The maximum Gasteiger partial charge on any atom is 0.339 e. The lowest BCUT2D eigenvalue weighted by Gasteiger charge is -2.05. The van der Waals surface area contributed by atoms with Crippen LogP contribution in [0.3, 0.4) is 0 Å². The monoisotopic (exact) mass is 173 g/mol. The minimum atomic E-state index is -1.50. The molecular weight excluding hydrogens is 166 g/mol. The van der Waals surface area contributed by atoms with Crippen molar-refractivity contribution >= 4 is 43.9 Å².